The SMILES string of the molecule is Cc1cnn(CCNC(=O)N2CCC(C)(C(=O)O)C2)c1. The number of rotatable bonds is 4. The van der Waals surface area contributed by atoms with E-state index in [1.807, 2.05) is 13.1 Å². The Morgan fingerprint density at radius 3 is 2.85 bits per heavy atom. The fourth-order valence-corrected chi connectivity index (χ4v) is 2.29. The third-order valence-electron chi connectivity index (χ3n) is 3.66. The van der Waals surface area contributed by atoms with Crippen LogP contribution in [0.4, 0.5) is 4.79 Å². The van der Waals surface area contributed by atoms with Gasteiger partial charge in [0.25, 0.3) is 0 Å². The van der Waals surface area contributed by atoms with Crippen LogP contribution < -0.4 is 5.32 Å². The summed E-state index contributed by atoms with van der Waals surface area (Å²) >= 11 is 0. The van der Waals surface area contributed by atoms with E-state index < -0.39 is 11.4 Å². The molecule has 1 aliphatic heterocycles. The number of carboxylic acid groups (broad SMARTS) is 1. The summed E-state index contributed by atoms with van der Waals surface area (Å²) in [7, 11) is 0. The van der Waals surface area contributed by atoms with Gasteiger partial charge in [0.05, 0.1) is 18.2 Å². The minimum atomic E-state index is -0.847. The number of nitrogens with zero attached hydrogens (tertiary/aromatic N) is 3. The van der Waals surface area contributed by atoms with Gasteiger partial charge in [0.2, 0.25) is 0 Å². The summed E-state index contributed by atoms with van der Waals surface area (Å²) in [4.78, 5) is 24.6. The van der Waals surface area contributed by atoms with E-state index >= 15 is 0 Å². The Balaban J connectivity index is 1.77. The molecule has 1 unspecified atom stereocenters. The summed E-state index contributed by atoms with van der Waals surface area (Å²) in [6.45, 7) is 5.45. The number of carboxylic acids is 1. The molecule has 2 N–H and O–H groups in total. The molecule has 2 rings (SSSR count). The maximum absolute atomic E-state index is 11.9. The fraction of sp³-hybridized carbons (Fsp3) is 0.615. The molecule has 20 heavy (non-hydrogen) atoms. The maximum Gasteiger partial charge on any atom is 0.317 e. The molecular weight excluding hydrogens is 260 g/mol. The van der Waals surface area contributed by atoms with Crippen molar-refractivity contribution in [2.75, 3.05) is 19.6 Å². The monoisotopic (exact) mass is 280 g/mol. The van der Waals surface area contributed by atoms with Crippen LogP contribution in [0.1, 0.15) is 18.9 Å². The standard InChI is InChI=1S/C13H20N4O3/c1-10-7-15-17(8-10)6-4-14-12(20)16-5-3-13(2,9-16)11(18)19/h7-8H,3-6,9H2,1-2H3,(H,14,20)(H,18,19). The zero-order valence-corrected chi connectivity index (χ0v) is 11.8. The average Bonchev–Trinajstić information content (AvgIpc) is 2.97. The van der Waals surface area contributed by atoms with Crippen molar-refractivity contribution in [3.05, 3.63) is 18.0 Å². The molecule has 0 aliphatic carbocycles. The Morgan fingerprint density at radius 1 is 1.55 bits per heavy atom. The van der Waals surface area contributed by atoms with Crippen LogP contribution in [0.3, 0.4) is 0 Å². The molecule has 110 valence electrons. The molecule has 7 nitrogen and oxygen atoms in total. The molecule has 2 heterocycles. The van der Waals surface area contributed by atoms with E-state index in [1.54, 1.807) is 22.7 Å². The molecule has 0 saturated carbocycles. The van der Waals surface area contributed by atoms with Crippen LogP contribution in [0, 0.1) is 12.3 Å². The predicted octanol–water partition coefficient (Wildman–Crippen LogP) is 0.698. The second-order valence-corrected chi connectivity index (χ2v) is 5.55. The Labute approximate surface area is 117 Å². The van der Waals surface area contributed by atoms with Crippen molar-refractivity contribution in [3.8, 4) is 0 Å². The fourth-order valence-electron chi connectivity index (χ4n) is 2.29. The van der Waals surface area contributed by atoms with E-state index in [4.69, 9.17) is 5.11 Å². The van der Waals surface area contributed by atoms with Gasteiger partial charge in [-0.25, -0.2) is 4.79 Å². The first-order valence-electron chi connectivity index (χ1n) is 6.66. The highest BCUT2D eigenvalue weighted by Crippen LogP contribution is 2.29. The quantitative estimate of drug-likeness (QED) is 0.849. The van der Waals surface area contributed by atoms with Gasteiger partial charge in [0.1, 0.15) is 0 Å². The number of likely N-dealkylation sites (tertiary alicyclic amines) is 1. The van der Waals surface area contributed by atoms with Gasteiger partial charge < -0.3 is 15.3 Å². The third kappa shape index (κ3) is 3.09. The van der Waals surface area contributed by atoms with Crippen molar-refractivity contribution < 1.29 is 14.7 Å². The summed E-state index contributed by atoms with van der Waals surface area (Å²) in [6.07, 6.45) is 4.16. The van der Waals surface area contributed by atoms with Gasteiger partial charge in [-0.15, -0.1) is 0 Å². The summed E-state index contributed by atoms with van der Waals surface area (Å²) in [5, 5.41) is 16.1. The van der Waals surface area contributed by atoms with Crippen LogP contribution in [0.2, 0.25) is 0 Å². The number of nitrogens with one attached hydrogen (secondary N) is 1. The normalized spacial score (nSPS) is 22.0. The number of carbonyl (C=O) groups is 2. The Hall–Kier alpha value is -2.05. The lowest BCUT2D eigenvalue weighted by atomic mass is 9.90. The Kier molecular flexibility index (Phi) is 3.96. The zero-order chi connectivity index (χ0) is 14.8. The molecule has 0 spiro atoms. The minimum absolute atomic E-state index is 0.209. The highest BCUT2D eigenvalue weighted by molar-refractivity contribution is 5.79. The van der Waals surface area contributed by atoms with Gasteiger partial charge in [-0.05, 0) is 25.8 Å². The summed E-state index contributed by atoms with van der Waals surface area (Å²) in [5.41, 5.74) is 0.254. The summed E-state index contributed by atoms with van der Waals surface area (Å²) in [5.74, 6) is -0.847. The van der Waals surface area contributed by atoms with Crippen LogP contribution >= 0.6 is 0 Å². The highest BCUT2D eigenvalue weighted by atomic mass is 16.4. The van der Waals surface area contributed by atoms with Crippen LogP contribution in [0.5, 0.6) is 0 Å². The second-order valence-electron chi connectivity index (χ2n) is 5.55. The van der Waals surface area contributed by atoms with Crippen molar-refractivity contribution >= 4 is 12.0 Å². The topological polar surface area (TPSA) is 87.5 Å². The van der Waals surface area contributed by atoms with E-state index in [0.29, 0.717) is 26.1 Å². The van der Waals surface area contributed by atoms with E-state index in [0.717, 1.165) is 5.56 Å². The lowest BCUT2D eigenvalue weighted by Crippen LogP contribution is -2.41. The Bertz CT molecular complexity index is 513. The molecule has 1 saturated heterocycles. The number of aromatic nitrogens is 2. The minimum Gasteiger partial charge on any atom is -0.481 e. The number of hydrogen-bond donors (Lipinski definition) is 2. The van der Waals surface area contributed by atoms with E-state index in [2.05, 4.69) is 10.4 Å². The van der Waals surface area contributed by atoms with Crippen LogP contribution in [0.25, 0.3) is 0 Å². The first-order chi connectivity index (χ1) is 9.40. The molecule has 1 aliphatic rings. The molecule has 1 aromatic rings. The van der Waals surface area contributed by atoms with Gasteiger partial charge in [0, 0.05) is 25.8 Å². The Morgan fingerprint density at radius 2 is 2.30 bits per heavy atom. The molecule has 2 amide bonds. The smallest absolute Gasteiger partial charge is 0.317 e. The number of hydrogen-bond acceptors (Lipinski definition) is 3. The van der Waals surface area contributed by atoms with Gasteiger partial charge in [-0.3, -0.25) is 9.48 Å². The van der Waals surface area contributed by atoms with Crippen LogP contribution in [-0.2, 0) is 11.3 Å². The van der Waals surface area contributed by atoms with Crippen molar-refractivity contribution in [2.24, 2.45) is 5.41 Å². The molecule has 1 atom stereocenters. The average molecular weight is 280 g/mol. The van der Waals surface area contributed by atoms with E-state index in [-0.39, 0.29) is 12.6 Å². The van der Waals surface area contributed by atoms with Crippen molar-refractivity contribution in [2.45, 2.75) is 26.8 Å². The lowest BCUT2D eigenvalue weighted by molar-refractivity contribution is -0.146. The molecule has 0 aromatic carbocycles. The first kappa shape index (κ1) is 14.4. The number of amides is 2. The largest absolute Gasteiger partial charge is 0.481 e. The molecule has 7 heteroatoms. The van der Waals surface area contributed by atoms with Gasteiger partial charge in [-0.1, -0.05) is 0 Å². The predicted molar refractivity (Wildman–Crippen MR) is 72.3 cm³/mol. The van der Waals surface area contributed by atoms with Gasteiger partial charge in [0.15, 0.2) is 0 Å². The molecule has 0 radical (unpaired) electrons. The molecular formula is C13H20N4O3. The lowest BCUT2D eigenvalue weighted by Gasteiger charge is -2.20. The van der Waals surface area contributed by atoms with Crippen molar-refractivity contribution in [1.29, 1.82) is 0 Å². The zero-order valence-electron chi connectivity index (χ0n) is 11.8. The maximum atomic E-state index is 11.9. The van der Waals surface area contributed by atoms with Crippen molar-refractivity contribution in [3.63, 3.8) is 0 Å². The van der Waals surface area contributed by atoms with Crippen LogP contribution in [0.15, 0.2) is 12.4 Å². The number of carbonyl (C=O) groups excluding carboxylic acids is 1. The van der Waals surface area contributed by atoms with Gasteiger partial charge >= 0.3 is 12.0 Å². The number of urea groups is 1. The molecule has 1 fully saturated rings. The van der Waals surface area contributed by atoms with E-state index in [1.165, 1.54) is 0 Å². The summed E-state index contributed by atoms with van der Waals surface area (Å²) < 4.78 is 1.76. The third-order valence-corrected chi connectivity index (χ3v) is 3.66. The summed E-state index contributed by atoms with van der Waals surface area (Å²) in [6, 6.07) is -0.209. The molecule has 0 bridgehead atoms. The second kappa shape index (κ2) is 5.52. The molecule has 1 aromatic heterocycles. The number of aryl methyl sites for hydroxylation is 1. The van der Waals surface area contributed by atoms with Crippen molar-refractivity contribution in [1.82, 2.24) is 20.0 Å². The first-order valence-corrected chi connectivity index (χ1v) is 6.66. The van der Waals surface area contributed by atoms with Gasteiger partial charge in [-0.2, -0.15) is 5.10 Å². The van der Waals surface area contributed by atoms with Crippen LogP contribution in [-0.4, -0.2) is 51.4 Å². The van der Waals surface area contributed by atoms with E-state index in [9.17, 15) is 9.59 Å². The number of aliphatic carboxylic acids is 1. The highest BCUT2D eigenvalue weighted by Gasteiger charge is 2.42.